The van der Waals surface area contributed by atoms with Gasteiger partial charge in [-0.2, -0.15) is 0 Å². The number of hydrogen-bond acceptors (Lipinski definition) is 2. The summed E-state index contributed by atoms with van der Waals surface area (Å²) in [6.45, 7) is 2.02. The largest absolute Gasteiger partial charge is 0.397 e. The summed E-state index contributed by atoms with van der Waals surface area (Å²) in [7, 11) is 0. The highest BCUT2D eigenvalue weighted by Gasteiger charge is 1.97. The Labute approximate surface area is 77.2 Å². The van der Waals surface area contributed by atoms with E-state index >= 15 is 0 Å². The Balaban J connectivity index is 0.000001000. The highest BCUT2D eigenvalue weighted by Crippen LogP contribution is 2.15. The maximum absolute atomic E-state index is 5.73. The molecular weight excluding hydrogens is 183 g/mol. The van der Waals surface area contributed by atoms with Crippen molar-refractivity contribution in [3.05, 3.63) is 23.0 Å². The van der Waals surface area contributed by atoms with Crippen LogP contribution in [-0.4, -0.2) is 4.98 Å². The average Bonchev–Trinajstić information content (AvgIpc) is 1.94. The third-order valence-electron chi connectivity index (χ3n) is 1.31. The molecule has 2 nitrogen and oxygen atoms in total. The van der Waals surface area contributed by atoms with Crippen LogP contribution in [0.15, 0.2) is 12.3 Å². The predicted octanol–water partition coefficient (Wildman–Crippen LogP) is 2.30. The number of anilines is 1. The summed E-state index contributed by atoms with van der Waals surface area (Å²) in [5, 5.41) is 0.553. The van der Waals surface area contributed by atoms with Crippen LogP contribution in [0.2, 0.25) is 5.15 Å². The number of pyridine rings is 1. The Kier molecular flexibility index (Phi) is 4.23. The van der Waals surface area contributed by atoms with Crippen LogP contribution in [-0.2, 0) is 6.42 Å². The average molecular weight is 193 g/mol. The lowest BCUT2D eigenvalue weighted by molar-refractivity contribution is 1.11. The van der Waals surface area contributed by atoms with Crippen molar-refractivity contribution in [2.75, 3.05) is 5.73 Å². The van der Waals surface area contributed by atoms with E-state index in [9.17, 15) is 0 Å². The maximum Gasteiger partial charge on any atom is 0.132 e. The molecule has 0 amide bonds. The molecule has 11 heavy (non-hydrogen) atoms. The van der Waals surface area contributed by atoms with Crippen molar-refractivity contribution in [2.24, 2.45) is 0 Å². The van der Waals surface area contributed by atoms with Gasteiger partial charge in [-0.3, -0.25) is 0 Å². The molecule has 2 N–H and O–H groups in total. The van der Waals surface area contributed by atoms with Gasteiger partial charge in [0.1, 0.15) is 5.15 Å². The summed E-state index contributed by atoms with van der Waals surface area (Å²) in [5.74, 6) is 0. The van der Waals surface area contributed by atoms with Crippen molar-refractivity contribution in [1.82, 2.24) is 4.98 Å². The topological polar surface area (TPSA) is 38.9 Å². The zero-order chi connectivity index (χ0) is 7.56. The molecule has 4 heteroatoms. The molecule has 0 saturated carbocycles. The van der Waals surface area contributed by atoms with Crippen molar-refractivity contribution in [2.45, 2.75) is 13.3 Å². The van der Waals surface area contributed by atoms with Gasteiger partial charge in [0.2, 0.25) is 0 Å². The van der Waals surface area contributed by atoms with Crippen molar-refractivity contribution >= 4 is 29.7 Å². The molecule has 0 radical (unpaired) electrons. The van der Waals surface area contributed by atoms with E-state index in [4.69, 9.17) is 17.3 Å². The lowest BCUT2D eigenvalue weighted by atomic mass is 10.2. The number of aromatic nitrogens is 1. The van der Waals surface area contributed by atoms with E-state index in [1.807, 2.05) is 13.0 Å². The second-order valence-electron chi connectivity index (χ2n) is 2.07. The molecule has 0 unspecified atom stereocenters. The zero-order valence-corrected chi connectivity index (χ0v) is 7.75. The Morgan fingerprint density at radius 3 is 2.73 bits per heavy atom. The van der Waals surface area contributed by atoms with Crippen LogP contribution >= 0.6 is 24.0 Å². The molecule has 62 valence electrons. The van der Waals surface area contributed by atoms with Gasteiger partial charge in [0.25, 0.3) is 0 Å². The minimum atomic E-state index is 0. The fraction of sp³-hybridized carbons (Fsp3) is 0.286. The summed E-state index contributed by atoms with van der Waals surface area (Å²) in [6, 6.07) is 1.84. The van der Waals surface area contributed by atoms with Crippen LogP contribution in [0, 0.1) is 0 Å². The molecule has 0 atom stereocenters. The quantitative estimate of drug-likeness (QED) is 0.695. The van der Waals surface area contributed by atoms with Gasteiger partial charge in [-0.25, -0.2) is 4.98 Å². The first-order chi connectivity index (χ1) is 4.74. The van der Waals surface area contributed by atoms with E-state index in [0.29, 0.717) is 10.8 Å². The van der Waals surface area contributed by atoms with Crippen molar-refractivity contribution in [3.8, 4) is 0 Å². The van der Waals surface area contributed by atoms with Gasteiger partial charge >= 0.3 is 0 Å². The molecule has 0 saturated heterocycles. The van der Waals surface area contributed by atoms with Crippen LogP contribution < -0.4 is 5.73 Å². The number of nitrogen functional groups attached to an aromatic ring is 1. The van der Waals surface area contributed by atoms with E-state index in [-0.39, 0.29) is 12.4 Å². The molecule has 0 aliphatic rings. The summed E-state index contributed by atoms with van der Waals surface area (Å²) in [4.78, 5) is 3.89. The standard InChI is InChI=1S/C7H9ClN2.ClH/c1-2-5-3-6(9)4-10-7(5)8;/h3-4H,2,9H2,1H3;1H. The zero-order valence-electron chi connectivity index (χ0n) is 6.17. The first kappa shape index (κ1) is 10.5. The van der Waals surface area contributed by atoms with Crippen molar-refractivity contribution < 1.29 is 0 Å². The third-order valence-corrected chi connectivity index (χ3v) is 1.65. The monoisotopic (exact) mass is 192 g/mol. The number of nitrogens with zero attached hydrogens (tertiary/aromatic N) is 1. The molecule has 0 aliphatic heterocycles. The molecule has 0 aliphatic carbocycles. The van der Waals surface area contributed by atoms with E-state index in [1.54, 1.807) is 6.20 Å². The summed E-state index contributed by atoms with van der Waals surface area (Å²) in [6.07, 6.45) is 2.43. The van der Waals surface area contributed by atoms with Crippen LogP contribution in [0.3, 0.4) is 0 Å². The van der Waals surface area contributed by atoms with Gasteiger partial charge in [-0.05, 0) is 18.1 Å². The smallest absolute Gasteiger partial charge is 0.132 e. The normalized spacial score (nSPS) is 8.91. The molecule has 0 bridgehead atoms. The van der Waals surface area contributed by atoms with Gasteiger partial charge in [0, 0.05) is 0 Å². The second kappa shape index (κ2) is 4.42. The SMILES string of the molecule is CCc1cc(N)cnc1Cl.Cl. The minimum absolute atomic E-state index is 0. The molecule has 0 aromatic carbocycles. The molecule has 1 aromatic rings. The second-order valence-corrected chi connectivity index (χ2v) is 2.43. The Morgan fingerprint density at radius 1 is 1.64 bits per heavy atom. The molecular formula is C7H10Cl2N2. The molecule has 0 spiro atoms. The van der Waals surface area contributed by atoms with E-state index in [1.165, 1.54) is 0 Å². The molecule has 1 rings (SSSR count). The number of rotatable bonds is 1. The van der Waals surface area contributed by atoms with E-state index in [2.05, 4.69) is 4.98 Å². The number of halogens is 2. The van der Waals surface area contributed by atoms with E-state index in [0.717, 1.165) is 12.0 Å². The maximum atomic E-state index is 5.73. The van der Waals surface area contributed by atoms with Crippen molar-refractivity contribution in [3.63, 3.8) is 0 Å². The van der Waals surface area contributed by atoms with Crippen LogP contribution in [0.4, 0.5) is 5.69 Å². The fourth-order valence-electron chi connectivity index (χ4n) is 0.760. The van der Waals surface area contributed by atoms with Crippen molar-refractivity contribution in [1.29, 1.82) is 0 Å². The number of aryl methyl sites for hydroxylation is 1. The number of nitrogens with two attached hydrogens (primary N) is 1. The Hall–Kier alpha value is -0.470. The molecule has 1 aromatic heterocycles. The minimum Gasteiger partial charge on any atom is -0.397 e. The molecule has 1 heterocycles. The van der Waals surface area contributed by atoms with Gasteiger partial charge < -0.3 is 5.73 Å². The summed E-state index contributed by atoms with van der Waals surface area (Å²) >= 11 is 5.73. The Bertz CT molecular complexity index is 238. The molecule has 0 fully saturated rings. The lowest BCUT2D eigenvalue weighted by Gasteiger charge is -1.99. The van der Waals surface area contributed by atoms with Gasteiger partial charge in [-0.1, -0.05) is 18.5 Å². The van der Waals surface area contributed by atoms with Crippen LogP contribution in [0.5, 0.6) is 0 Å². The Morgan fingerprint density at radius 2 is 2.27 bits per heavy atom. The van der Waals surface area contributed by atoms with Crippen LogP contribution in [0.25, 0.3) is 0 Å². The highest BCUT2D eigenvalue weighted by molar-refractivity contribution is 6.30. The van der Waals surface area contributed by atoms with Gasteiger partial charge in [0.05, 0.1) is 11.9 Å². The lowest BCUT2D eigenvalue weighted by Crippen LogP contribution is -1.91. The highest BCUT2D eigenvalue weighted by atomic mass is 35.5. The van der Waals surface area contributed by atoms with Gasteiger partial charge in [0.15, 0.2) is 0 Å². The first-order valence-electron chi connectivity index (χ1n) is 3.14. The third kappa shape index (κ3) is 2.56. The first-order valence-corrected chi connectivity index (χ1v) is 3.51. The van der Waals surface area contributed by atoms with Crippen LogP contribution in [0.1, 0.15) is 12.5 Å². The van der Waals surface area contributed by atoms with Gasteiger partial charge in [-0.15, -0.1) is 12.4 Å². The predicted molar refractivity (Wildman–Crippen MR) is 50.3 cm³/mol. The summed E-state index contributed by atoms with van der Waals surface area (Å²) in [5.41, 5.74) is 7.15. The summed E-state index contributed by atoms with van der Waals surface area (Å²) < 4.78 is 0. The fourth-order valence-corrected chi connectivity index (χ4v) is 0.997. The number of hydrogen-bond donors (Lipinski definition) is 1. The van der Waals surface area contributed by atoms with E-state index < -0.39 is 0 Å².